The van der Waals surface area contributed by atoms with E-state index in [0.29, 0.717) is 6.42 Å². The smallest absolute Gasteiger partial charge is 0.132 e. The summed E-state index contributed by atoms with van der Waals surface area (Å²) in [6, 6.07) is 0. The fourth-order valence-electron chi connectivity index (χ4n) is 0.538. The summed E-state index contributed by atoms with van der Waals surface area (Å²) in [4.78, 5) is 20.4. The van der Waals surface area contributed by atoms with E-state index >= 15 is 0 Å². The van der Waals surface area contributed by atoms with Gasteiger partial charge in [-0.1, -0.05) is 6.92 Å². The van der Waals surface area contributed by atoms with Gasteiger partial charge in [0.1, 0.15) is 5.78 Å². The summed E-state index contributed by atoms with van der Waals surface area (Å²) >= 11 is 0. The molecule has 3 heteroatoms. The highest BCUT2D eigenvalue weighted by Gasteiger charge is 2.05. The van der Waals surface area contributed by atoms with Gasteiger partial charge in [-0.3, -0.25) is 4.79 Å². The van der Waals surface area contributed by atoms with Crippen molar-refractivity contribution in [3.8, 4) is 0 Å². The molecule has 0 N–H and O–H groups in total. The average Bonchev–Trinajstić information content (AvgIpc) is 1.82. The van der Waals surface area contributed by atoms with Crippen LogP contribution in [0.2, 0.25) is 0 Å². The maximum atomic E-state index is 10.5. The Hall–Kier alpha value is -0.860. The predicted molar refractivity (Wildman–Crippen MR) is 34.1 cm³/mol. The van der Waals surface area contributed by atoms with E-state index < -0.39 is 5.97 Å². The van der Waals surface area contributed by atoms with Crippen LogP contribution in [0.4, 0.5) is 0 Å². The average molecular weight is 143 g/mol. The van der Waals surface area contributed by atoms with E-state index in [9.17, 15) is 14.7 Å². The van der Waals surface area contributed by atoms with Crippen LogP contribution in [-0.2, 0) is 9.59 Å². The van der Waals surface area contributed by atoms with Crippen LogP contribution in [0, 0.1) is 5.92 Å². The summed E-state index contributed by atoms with van der Waals surface area (Å²) in [5.74, 6) is -1.22. The van der Waals surface area contributed by atoms with Crippen molar-refractivity contribution in [1.82, 2.24) is 0 Å². The molecule has 0 radical (unpaired) electrons. The number of hydrogen-bond acceptors (Lipinski definition) is 3. The van der Waals surface area contributed by atoms with Gasteiger partial charge in [0, 0.05) is 11.9 Å². The Labute approximate surface area is 60.0 Å². The first kappa shape index (κ1) is 9.14. The van der Waals surface area contributed by atoms with Crippen LogP contribution in [0.15, 0.2) is 0 Å². The lowest BCUT2D eigenvalue weighted by molar-refractivity contribution is -0.305. The molecule has 0 bridgehead atoms. The summed E-state index contributed by atoms with van der Waals surface area (Å²) in [6.45, 7) is 3.17. The van der Waals surface area contributed by atoms with E-state index in [-0.39, 0.29) is 18.1 Å². The van der Waals surface area contributed by atoms with E-state index in [4.69, 9.17) is 0 Å². The lowest BCUT2D eigenvalue weighted by Gasteiger charge is -2.06. The van der Waals surface area contributed by atoms with Crippen molar-refractivity contribution >= 4 is 11.8 Å². The molecular weight excluding hydrogens is 132 g/mol. The van der Waals surface area contributed by atoms with Crippen LogP contribution < -0.4 is 5.11 Å². The second-order valence-electron chi connectivity index (χ2n) is 2.42. The van der Waals surface area contributed by atoms with Crippen molar-refractivity contribution in [3.63, 3.8) is 0 Å². The lowest BCUT2D eigenvalue weighted by Crippen LogP contribution is -2.23. The first-order valence-corrected chi connectivity index (χ1v) is 3.24. The predicted octanol–water partition coefficient (Wildman–Crippen LogP) is -0.258. The van der Waals surface area contributed by atoms with Gasteiger partial charge in [0.25, 0.3) is 0 Å². The quantitative estimate of drug-likeness (QED) is 0.545. The SMILES string of the molecule is CC(=O)[C@H](C)CCC(=O)[O-]. The Bertz CT molecular complexity index is 140. The Morgan fingerprint density at radius 1 is 1.50 bits per heavy atom. The topological polar surface area (TPSA) is 57.2 Å². The number of ketones is 1. The monoisotopic (exact) mass is 143 g/mol. The van der Waals surface area contributed by atoms with Gasteiger partial charge in [-0.05, 0) is 19.8 Å². The first-order valence-electron chi connectivity index (χ1n) is 3.24. The van der Waals surface area contributed by atoms with Gasteiger partial charge < -0.3 is 9.90 Å². The lowest BCUT2D eigenvalue weighted by atomic mass is 10.0. The minimum Gasteiger partial charge on any atom is -0.550 e. The number of carbonyl (C=O) groups excluding carboxylic acids is 2. The zero-order valence-electron chi connectivity index (χ0n) is 6.22. The maximum Gasteiger partial charge on any atom is 0.132 e. The van der Waals surface area contributed by atoms with Gasteiger partial charge >= 0.3 is 0 Å². The van der Waals surface area contributed by atoms with E-state index in [1.807, 2.05) is 0 Å². The Morgan fingerprint density at radius 2 is 2.00 bits per heavy atom. The molecule has 3 nitrogen and oxygen atoms in total. The fourth-order valence-corrected chi connectivity index (χ4v) is 0.538. The number of aliphatic carboxylic acids is 1. The zero-order valence-corrected chi connectivity index (χ0v) is 6.22. The van der Waals surface area contributed by atoms with Crippen molar-refractivity contribution in [2.24, 2.45) is 5.92 Å². The number of hydrogen-bond donors (Lipinski definition) is 0. The Balaban J connectivity index is 3.49. The van der Waals surface area contributed by atoms with Crippen LogP contribution >= 0.6 is 0 Å². The van der Waals surface area contributed by atoms with E-state index in [1.165, 1.54) is 6.92 Å². The molecule has 0 unspecified atom stereocenters. The summed E-state index contributed by atoms with van der Waals surface area (Å²) < 4.78 is 0. The van der Waals surface area contributed by atoms with Crippen LogP contribution in [0.5, 0.6) is 0 Å². The minimum absolute atomic E-state index is 0.0270. The summed E-state index contributed by atoms with van der Waals surface area (Å²) in [5.41, 5.74) is 0. The number of carboxylic acids is 1. The molecule has 0 aliphatic heterocycles. The molecule has 58 valence electrons. The normalized spacial score (nSPS) is 12.6. The van der Waals surface area contributed by atoms with Gasteiger partial charge in [0.05, 0.1) is 0 Å². The van der Waals surface area contributed by atoms with E-state index in [2.05, 4.69) is 0 Å². The van der Waals surface area contributed by atoms with E-state index in [0.717, 1.165) is 0 Å². The van der Waals surface area contributed by atoms with Gasteiger partial charge in [0.2, 0.25) is 0 Å². The highest BCUT2D eigenvalue weighted by molar-refractivity contribution is 5.78. The highest BCUT2D eigenvalue weighted by atomic mass is 16.4. The third-order valence-corrected chi connectivity index (χ3v) is 1.48. The number of carboxylic acid groups (broad SMARTS) is 1. The number of Topliss-reactive ketones (excluding diaryl/α,β-unsaturated/α-hetero) is 1. The van der Waals surface area contributed by atoms with Crippen molar-refractivity contribution in [1.29, 1.82) is 0 Å². The minimum atomic E-state index is -1.09. The highest BCUT2D eigenvalue weighted by Crippen LogP contribution is 2.04. The largest absolute Gasteiger partial charge is 0.550 e. The molecule has 10 heavy (non-hydrogen) atoms. The number of carbonyl (C=O) groups is 2. The fraction of sp³-hybridized carbons (Fsp3) is 0.714. The molecule has 0 aliphatic carbocycles. The van der Waals surface area contributed by atoms with Gasteiger partial charge in [-0.15, -0.1) is 0 Å². The summed E-state index contributed by atoms with van der Waals surface area (Å²) in [5, 5.41) is 9.90. The van der Waals surface area contributed by atoms with Crippen LogP contribution in [-0.4, -0.2) is 11.8 Å². The summed E-state index contributed by atoms with van der Waals surface area (Å²) in [6.07, 6.45) is 0.360. The molecule has 0 rings (SSSR count). The van der Waals surface area contributed by atoms with E-state index in [1.54, 1.807) is 6.92 Å². The Kier molecular flexibility index (Phi) is 3.69. The molecule has 1 atom stereocenters. The van der Waals surface area contributed by atoms with Crippen molar-refractivity contribution in [2.75, 3.05) is 0 Å². The van der Waals surface area contributed by atoms with Gasteiger partial charge in [0.15, 0.2) is 0 Å². The van der Waals surface area contributed by atoms with Crippen LogP contribution in [0.1, 0.15) is 26.7 Å². The zero-order chi connectivity index (χ0) is 8.15. The molecular formula is C7H11O3-. The third-order valence-electron chi connectivity index (χ3n) is 1.48. The third kappa shape index (κ3) is 4.06. The molecule has 0 spiro atoms. The second kappa shape index (κ2) is 4.04. The first-order chi connectivity index (χ1) is 4.54. The maximum absolute atomic E-state index is 10.5. The summed E-state index contributed by atoms with van der Waals surface area (Å²) in [7, 11) is 0. The van der Waals surface area contributed by atoms with Crippen molar-refractivity contribution < 1.29 is 14.7 Å². The molecule has 0 heterocycles. The Morgan fingerprint density at radius 3 is 2.30 bits per heavy atom. The molecule has 0 aromatic rings. The van der Waals surface area contributed by atoms with Crippen molar-refractivity contribution in [2.45, 2.75) is 26.7 Å². The molecule has 0 amide bonds. The molecule has 0 fully saturated rings. The van der Waals surface area contributed by atoms with Crippen LogP contribution in [0.25, 0.3) is 0 Å². The van der Waals surface area contributed by atoms with Crippen molar-refractivity contribution in [3.05, 3.63) is 0 Å². The van der Waals surface area contributed by atoms with Crippen LogP contribution in [0.3, 0.4) is 0 Å². The molecule has 0 aromatic heterocycles. The van der Waals surface area contributed by atoms with Gasteiger partial charge in [-0.2, -0.15) is 0 Å². The van der Waals surface area contributed by atoms with Gasteiger partial charge in [-0.25, -0.2) is 0 Å². The molecule has 0 saturated heterocycles. The number of rotatable bonds is 4. The molecule has 0 saturated carbocycles. The second-order valence-corrected chi connectivity index (χ2v) is 2.42. The molecule has 0 aliphatic rings. The molecule has 0 aromatic carbocycles. The standard InChI is InChI=1S/C7H12O3/c1-5(6(2)8)3-4-7(9)10/h5H,3-4H2,1-2H3,(H,9,10)/p-1/t5-/m1/s1.